The van der Waals surface area contributed by atoms with E-state index in [1.165, 1.54) is 0 Å². The molecule has 3 rings (SSSR count). The molecule has 1 aromatic heterocycles. The van der Waals surface area contributed by atoms with Crippen LogP contribution in [0.3, 0.4) is 0 Å². The minimum Gasteiger partial charge on any atom is -0.497 e. The van der Waals surface area contributed by atoms with E-state index in [1.54, 1.807) is 7.11 Å². The molecule has 0 spiro atoms. The molecule has 2 aromatic carbocycles. The molecular formula is C21H22O4. The van der Waals surface area contributed by atoms with Crippen LogP contribution in [0.15, 0.2) is 45.6 Å². The van der Waals surface area contributed by atoms with Crippen molar-refractivity contribution in [2.75, 3.05) is 13.7 Å². The summed E-state index contributed by atoms with van der Waals surface area (Å²) in [6, 6.07) is 11.1. The standard InChI is InChI=1S/C21H22O4/c1-5-14-11-17-19(12-18(14)24-6-2)25-13(3)20(21(17)22)15-7-9-16(23-4)10-8-15/h7-12H,5-6H2,1-4H3. The molecule has 4 heteroatoms. The van der Waals surface area contributed by atoms with Crippen LogP contribution >= 0.6 is 0 Å². The highest BCUT2D eigenvalue weighted by Crippen LogP contribution is 2.30. The largest absolute Gasteiger partial charge is 0.497 e. The summed E-state index contributed by atoms with van der Waals surface area (Å²) in [5, 5.41) is 0.580. The second kappa shape index (κ2) is 7.01. The Morgan fingerprint density at radius 1 is 1.08 bits per heavy atom. The van der Waals surface area contributed by atoms with Crippen molar-refractivity contribution in [2.45, 2.75) is 27.2 Å². The quantitative estimate of drug-likeness (QED) is 0.674. The van der Waals surface area contributed by atoms with Crippen molar-refractivity contribution >= 4 is 11.0 Å². The summed E-state index contributed by atoms with van der Waals surface area (Å²) in [6.07, 6.45) is 0.788. The van der Waals surface area contributed by atoms with Crippen molar-refractivity contribution in [3.05, 3.63) is 57.9 Å². The second-order valence-electron chi connectivity index (χ2n) is 5.83. The van der Waals surface area contributed by atoms with Gasteiger partial charge in [0, 0.05) is 6.07 Å². The van der Waals surface area contributed by atoms with Crippen LogP contribution in [0.25, 0.3) is 22.1 Å². The van der Waals surface area contributed by atoms with Crippen molar-refractivity contribution in [3.8, 4) is 22.6 Å². The van der Waals surface area contributed by atoms with Crippen LogP contribution < -0.4 is 14.9 Å². The van der Waals surface area contributed by atoms with E-state index in [1.807, 2.05) is 57.2 Å². The normalized spacial score (nSPS) is 10.9. The molecule has 4 nitrogen and oxygen atoms in total. The van der Waals surface area contributed by atoms with Crippen molar-refractivity contribution < 1.29 is 13.9 Å². The zero-order valence-electron chi connectivity index (χ0n) is 15.0. The van der Waals surface area contributed by atoms with E-state index in [4.69, 9.17) is 13.9 Å². The van der Waals surface area contributed by atoms with E-state index in [0.717, 1.165) is 29.0 Å². The molecule has 0 N–H and O–H groups in total. The number of benzene rings is 2. The molecule has 25 heavy (non-hydrogen) atoms. The molecule has 0 aliphatic carbocycles. The SMILES string of the molecule is CCOc1cc2oc(C)c(-c3ccc(OC)cc3)c(=O)c2cc1CC. The summed E-state index contributed by atoms with van der Waals surface area (Å²) in [6.45, 7) is 6.38. The highest BCUT2D eigenvalue weighted by atomic mass is 16.5. The van der Waals surface area contributed by atoms with Crippen LogP contribution in [0.1, 0.15) is 25.2 Å². The third kappa shape index (κ3) is 3.12. The monoisotopic (exact) mass is 338 g/mol. The van der Waals surface area contributed by atoms with E-state index < -0.39 is 0 Å². The van der Waals surface area contributed by atoms with Crippen molar-refractivity contribution in [2.24, 2.45) is 0 Å². The van der Waals surface area contributed by atoms with E-state index in [2.05, 4.69) is 0 Å². The Kier molecular flexibility index (Phi) is 4.79. The van der Waals surface area contributed by atoms with E-state index in [0.29, 0.717) is 28.9 Å². The van der Waals surface area contributed by atoms with Gasteiger partial charge in [0.2, 0.25) is 5.43 Å². The van der Waals surface area contributed by atoms with Crippen LogP contribution in [-0.4, -0.2) is 13.7 Å². The van der Waals surface area contributed by atoms with Gasteiger partial charge >= 0.3 is 0 Å². The number of hydrogen-bond acceptors (Lipinski definition) is 4. The Labute approximate surface area is 147 Å². The lowest BCUT2D eigenvalue weighted by molar-refractivity contribution is 0.336. The maximum atomic E-state index is 13.1. The molecule has 0 aliphatic heterocycles. The first-order chi connectivity index (χ1) is 12.1. The number of methoxy groups -OCH3 is 1. The van der Waals surface area contributed by atoms with Gasteiger partial charge in [-0.25, -0.2) is 0 Å². The maximum absolute atomic E-state index is 13.1. The summed E-state index contributed by atoms with van der Waals surface area (Å²) in [5.74, 6) is 2.12. The highest BCUT2D eigenvalue weighted by Gasteiger charge is 2.16. The zero-order chi connectivity index (χ0) is 18.0. The molecule has 0 aliphatic rings. The van der Waals surface area contributed by atoms with E-state index in [-0.39, 0.29) is 5.43 Å². The predicted octanol–water partition coefficient (Wildman–Crippen LogP) is 4.74. The molecule has 0 saturated carbocycles. The van der Waals surface area contributed by atoms with Gasteiger partial charge in [0.05, 0.1) is 24.7 Å². The molecule has 130 valence electrons. The van der Waals surface area contributed by atoms with Crippen molar-refractivity contribution in [1.29, 1.82) is 0 Å². The summed E-state index contributed by atoms with van der Waals surface area (Å²) in [4.78, 5) is 13.1. The first kappa shape index (κ1) is 17.1. The lowest BCUT2D eigenvalue weighted by Crippen LogP contribution is -2.08. The minimum atomic E-state index is -0.0262. The number of aryl methyl sites for hydroxylation is 2. The Hall–Kier alpha value is -2.75. The van der Waals surface area contributed by atoms with Gasteiger partial charge in [0.1, 0.15) is 22.8 Å². The van der Waals surface area contributed by atoms with Gasteiger partial charge in [-0.3, -0.25) is 4.79 Å². The summed E-state index contributed by atoms with van der Waals surface area (Å²) >= 11 is 0. The van der Waals surface area contributed by atoms with Crippen molar-refractivity contribution in [1.82, 2.24) is 0 Å². The smallest absolute Gasteiger partial charge is 0.200 e. The molecule has 0 atom stereocenters. The number of ether oxygens (including phenoxy) is 2. The van der Waals surface area contributed by atoms with E-state index in [9.17, 15) is 4.79 Å². The van der Waals surface area contributed by atoms with Gasteiger partial charge in [-0.1, -0.05) is 19.1 Å². The fraction of sp³-hybridized carbons (Fsp3) is 0.286. The topological polar surface area (TPSA) is 48.7 Å². The lowest BCUT2D eigenvalue weighted by atomic mass is 10.0. The first-order valence-electron chi connectivity index (χ1n) is 8.46. The highest BCUT2D eigenvalue weighted by molar-refractivity contribution is 5.84. The fourth-order valence-electron chi connectivity index (χ4n) is 3.04. The Balaban J connectivity index is 2.23. The molecule has 0 amide bonds. The van der Waals surface area contributed by atoms with Crippen LogP contribution in [0.5, 0.6) is 11.5 Å². The van der Waals surface area contributed by atoms with Crippen LogP contribution in [0, 0.1) is 6.92 Å². The molecule has 1 heterocycles. The number of hydrogen-bond donors (Lipinski definition) is 0. The molecular weight excluding hydrogens is 316 g/mol. The fourth-order valence-corrected chi connectivity index (χ4v) is 3.04. The van der Waals surface area contributed by atoms with Crippen molar-refractivity contribution in [3.63, 3.8) is 0 Å². The second-order valence-corrected chi connectivity index (χ2v) is 5.83. The summed E-state index contributed by atoms with van der Waals surface area (Å²) < 4.78 is 16.8. The summed E-state index contributed by atoms with van der Waals surface area (Å²) in [5.41, 5.74) is 2.94. The minimum absolute atomic E-state index is 0.0262. The lowest BCUT2D eigenvalue weighted by Gasteiger charge is -2.12. The van der Waals surface area contributed by atoms with Gasteiger partial charge in [-0.15, -0.1) is 0 Å². The molecule has 0 bridgehead atoms. The first-order valence-corrected chi connectivity index (χ1v) is 8.46. The third-order valence-electron chi connectivity index (χ3n) is 4.31. The zero-order valence-corrected chi connectivity index (χ0v) is 15.0. The predicted molar refractivity (Wildman–Crippen MR) is 99.8 cm³/mol. The van der Waals surface area contributed by atoms with Gasteiger partial charge in [-0.05, 0) is 49.6 Å². The van der Waals surface area contributed by atoms with Crippen LogP contribution in [-0.2, 0) is 6.42 Å². The van der Waals surface area contributed by atoms with Crippen LogP contribution in [0.2, 0.25) is 0 Å². The average Bonchev–Trinajstić information content (AvgIpc) is 2.62. The Bertz CT molecular complexity index is 952. The molecule has 0 saturated heterocycles. The molecule has 0 radical (unpaired) electrons. The number of fused-ring (bicyclic) bond motifs is 1. The van der Waals surface area contributed by atoms with E-state index >= 15 is 0 Å². The van der Waals surface area contributed by atoms with Gasteiger partial charge < -0.3 is 13.9 Å². The average molecular weight is 338 g/mol. The van der Waals surface area contributed by atoms with Gasteiger partial charge in [0.25, 0.3) is 0 Å². The van der Waals surface area contributed by atoms with Crippen LogP contribution in [0.4, 0.5) is 0 Å². The van der Waals surface area contributed by atoms with Gasteiger partial charge in [-0.2, -0.15) is 0 Å². The van der Waals surface area contributed by atoms with Gasteiger partial charge in [0.15, 0.2) is 0 Å². The Morgan fingerprint density at radius 2 is 1.80 bits per heavy atom. The number of rotatable bonds is 5. The third-order valence-corrected chi connectivity index (χ3v) is 4.31. The maximum Gasteiger partial charge on any atom is 0.200 e. The Morgan fingerprint density at radius 3 is 2.40 bits per heavy atom. The molecule has 0 fully saturated rings. The molecule has 3 aromatic rings. The molecule has 0 unspecified atom stereocenters. The summed E-state index contributed by atoms with van der Waals surface area (Å²) in [7, 11) is 1.62.